The zero-order valence-electron chi connectivity index (χ0n) is 10.8. The second kappa shape index (κ2) is 5.99. The number of fused-ring (bicyclic) bond motifs is 1. The largest absolute Gasteiger partial charge is 0.383 e. The smallest absolute Gasteiger partial charge is 0.253 e. The summed E-state index contributed by atoms with van der Waals surface area (Å²) < 4.78 is 5.00. The summed E-state index contributed by atoms with van der Waals surface area (Å²) in [5.74, 6) is -0.198. The average molecular weight is 279 g/mol. The van der Waals surface area contributed by atoms with Gasteiger partial charge in [0.25, 0.3) is 5.91 Å². The van der Waals surface area contributed by atoms with Gasteiger partial charge in [-0.05, 0) is 25.1 Å². The molecule has 0 bridgehead atoms. The number of nitrogens with one attached hydrogen (secondary N) is 1. The molecule has 2 rings (SSSR count). The summed E-state index contributed by atoms with van der Waals surface area (Å²) in [6.07, 6.45) is 1.66. The molecule has 0 saturated heterocycles. The van der Waals surface area contributed by atoms with Gasteiger partial charge in [-0.1, -0.05) is 17.7 Å². The number of hydrogen-bond donors (Lipinski definition) is 1. The third kappa shape index (κ3) is 3.22. The van der Waals surface area contributed by atoms with E-state index in [9.17, 15) is 4.79 Å². The van der Waals surface area contributed by atoms with Crippen molar-refractivity contribution in [3.63, 3.8) is 0 Å². The molecule has 0 aliphatic heterocycles. The minimum atomic E-state index is -0.198. The van der Waals surface area contributed by atoms with Crippen LogP contribution in [0.2, 0.25) is 5.02 Å². The lowest BCUT2D eigenvalue weighted by Crippen LogP contribution is -2.35. The van der Waals surface area contributed by atoms with Gasteiger partial charge in [0.05, 0.1) is 17.7 Å². The monoisotopic (exact) mass is 278 g/mol. The average Bonchev–Trinajstić information content (AvgIpc) is 2.37. The number of halogens is 1. The first-order valence-electron chi connectivity index (χ1n) is 5.96. The van der Waals surface area contributed by atoms with E-state index in [4.69, 9.17) is 16.3 Å². The van der Waals surface area contributed by atoms with E-state index in [1.807, 2.05) is 19.1 Å². The predicted octanol–water partition coefficient (Wildman–Crippen LogP) is 2.65. The van der Waals surface area contributed by atoms with E-state index in [1.54, 1.807) is 25.4 Å². The summed E-state index contributed by atoms with van der Waals surface area (Å²) in [7, 11) is 1.60. The third-order valence-electron chi connectivity index (χ3n) is 2.71. The molecular weight excluding hydrogens is 264 g/mol. The molecule has 5 heteroatoms. The third-order valence-corrected chi connectivity index (χ3v) is 2.93. The van der Waals surface area contributed by atoms with Gasteiger partial charge >= 0.3 is 0 Å². The second-order valence-corrected chi connectivity index (χ2v) is 4.79. The summed E-state index contributed by atoms with van der Waals surface area (Å²) in [5, 5.41) is 4.22. The number of hydrogen-bond acceptors (Lipinski definition) is 3. The van der Waals surface area contributed by atoms with Gasteiger partial charge in [-0.25, -0.2) is 0 Å². The molecule has 0 radical (unpaired) electrons. The molecule has 1 atom stereocenters. The van der Waals surface area contributed by atoms with Gasteiger partial charge in [-0.3, -0.25) is 9.78 Å². The Kier molecular flexibility index (Phi) is 4.35. The van der Waals surface area contributed by atoms with Gasteiger partial charge in [-0.2, -0.15) is 0 Å². The van der Waals surface area contributed by atoms with Crippen LogP contribution in [-0.2, 0) is 4.74 Å². The summed E-state index contributed by atoms with van der Waals surface area (Å²) in [6.45, 7) is 2.33. The highest BCUT2D eigenvalue weighted by molar-refractivity contribution is 6.32. The molecule has 2 aromatic rings. The molecule has 1 unspecified atom stereocenters. The molecule has 1 heterocycles. The number of carbonyl (C=O) groups excluding carboxylic acids is 1. The highest BCUT2D eigenvalue weighted by Crippen LogP contribution is 2.22. The SMILES string of the molecule is COCC(C)NC(=O)c1cc(Cl)cc2cccnc12. The standard InChI is InChI=1S/C14H15ClN2O2/c1-9(8-19-2)17-14(18)12-7-11(15)6-10-4-3-5-16-13(10)12/h3-7,9H,8H2,1-2H3,(H,17,18). The molecule has 1 aromatic carbocycles. The number of benzene rings is 1. The van der Waals surface area contributed by atoms with Gasteiger partial charge in [0, 0.05) is 29.8 Å². The van der Waals surface area contributed by atoms with Crippen LogP contribution in [0.1, 0.15) is 17.3 Å². The second-order valence-electron chi connectivity index (χ2n) is 4.36. The molecule has 0 aliphatic carbocycles. The Morgan fingerprint density at radius 2 is 2.32 bits per heavy atom. The Hall–Kier alpha value is -1.65. The topological polar surface area (TPSA) is 51.2 Å². The number of amides is 1. The molecule has 0 spiro atoms. The highest BCUT2D eigenvalue weighted by atomic mass is 35.5. The van der Waals surface area contributed by atoms with Crippen molar-refractivity contribution in [3.05, 3.63) is 41.0 Å². The van der Waals surface area contributed by atoms with E-state index in [1.165, 1.54) is 0 Å². The minimum absolute atomic E-state index is 0.0738. The van der Waals surface area contributed by atoms with Gasteiger partial charge in [0.15, 0.2) is 0 Å². The lowest BCUT2D eigenvalue weighted by Gasteiger charge is -2.13. The maximum atomic E-state index is 12.2. The van der Waals surface area contributed by atoms with Gasteiger partial charge < -0.3 is 10.1 Å². The van der Waals surface area contributed by atoms with Crippen LogP contribution in [-0.4, -0.2) is 30.6 Å². The Labute approximate surface area is 116 Å². The molecule has 19 heavy (non-hydrogen) atoms. The summed E-state index contributed by atoms with van der Waals surface area (Å²) in [4.78, 5) is 16.5. The summed E-state index contributed by atoms with van der Waals surface area (Å²) >= 11 is 6.03. The number of rotatable bonds is 4. The van der Waals surface area contributed by atoms with E-state index >= 15 is 0 Å². The molecular formula is C14H15ClN2O2. The molecule has 0 saturated carbocycles. The van der Waals surface area contributed by atoms with Crippen LogP contribution >= 0.6 is 11.6 Å². The normalized spacial score (nSPS) is 12.4. The van der Waals surface area contributed by atoms with Crippen molar-refractivity contribution in [1.82, 2.24) is 10.3 Å². The van der Waals surface area contributed by atoms with Gasteiger partial charge in [-0.15, -0.1) is 0 Å². The zero-order valence-corrected chi connectivity index (χ0v) is 11.6. The number of methoxy groups -OCH3 is 1. The number of aromatic nitrogens is 1. The number of carbonyl (C=O) groups is 1. The Morgan fingerprint density at radius 1 is 1.53 bits per heavy atom. The van der Waals surface area contributed by atoms with Crippen molar-refractivity contribution in [1.29, 1.82) is 0 Å². The highest BCUT2D eigenvalue weighted by Gasteiger charge is 2.14. The number of ether oxygens (including phenoxy) is 1. The van der Waals surface area contributed by atoms with Crippen molar-refractivity contribution in [2.75, 3.05) is 13.7 Å². The quantitative estimate of drug-likeness (QED) is 0.935. The minimum Gasteiger partial charge on any atom is -0.383 e. The van der Waals surface area contributed by atoms with Crippen LogP contribution in [0.15, 0.2) is 30.5 Å². The van der Waals surface area contributed by atoms with Crippen LogP contribution < -0.4 is 5.32 Å². The Bertz CT molecular complexity index is 601. The van der Waals surface area contributed by atoms with E-state index < -0.39 is 0 Å². The lowest BCUT2D eigenvalue weighted by molar-refractivity contribution is 0.0907. The molecule has 1 N–H and O–H groups in total. The number of nitrogens with zero attached hydrogens (tertiary/aromatic N) is 1. The van der Waals surface area contributed by atoms with Crippen LogP contribution in [0.25, 0.3) is 10.9 Å². The fourth-order valence-electron chi connectivity index (χ4n) is 1.92. The van der Waals surface area contributed by atoms with Crippen LogP contribution in [0.4, 0.5) is 0 Å². The number of pyridine rings is 1. The lowest BCUT2D eigenvalue weighted by atomic mass is 10.1. The van der Waals surface area contributed by atoms with Crippen LogP contribution in [0.3, 0.4) is 0 Å². The van der Waals surface area contributed by atoms with Crippen LogP contribution in [0, 0.1) is 0 Å². The molecule has 4 nitrogen and oxygen atoms in total. The van der Waals surface area contributed by atoms with Crippen molar-refractivity contribution in [3.8, 4) is 0 Å². The summed E-state index contributed by atoms with van der Waals surface area (Å²) in [6, 6.07) is 7.04. The first-order valence-corrected chi connectivity index (χ1v) is 6.33. The van der Waals surface area contributed by atoms with Crippen molar-refractivity contribution < 1.29 is 9.53 Å². The summed E-state index contributed by atoms with van der Waals surface area (Å²) in [5.41, 5.74) is 1.13. The Morgan fingerprint density at radius 3 is 3.05 bits per heavy atom. The molecule has 0 fully saturated rings. The molecule has 1 amide bonds. The Balaban J connectivity index is 2.36. The van der Waals surface area contributed by atoms with Crippen molar-refractivity contribution in [2.45, 2.75) is 13.0 Å². The van der Waals surface area contributed by atoms with E-state index in [-0.39, 0.29) is 11.9 Å². The predicted molar refractivity (Wildman–Crippen MR) is 75.6 cm³/mol. The first kappa shape index (κ1) is 13.8. The fraction of sp³-hybridized carbons (Fsp3) is 0.286. The van der Waals surface area contributed by atoms with E-state index in [0.29, 0.717) is 22.7 Å². The maximum Gasteiger partial charge on any atom is 0.253 e. The molecule has 100 valence electrons. The molecule has 1 aromatic heterocycles. The van der Waals surface area contributed by atoms with E-state index in [0.717, 1.165) is 5.39 Å². The van der Waals surface area contributed by atoms with E-state index in [2.05, 4.69) is 10.3 Å². The van der Waals surface area contributed by atoms with Gasteiger partial charge in [0.1, 0.15) is 0 Å². The van der Waals surface area contributed by atoms with Gasteiger partial charge in [0.2, 0.25) is 0 Å². The van der Waals surface area contributed by atoms with Crippen molar-refractivity contribution in [2.24, 2.45) is 0 Å². The maximum absolute atomic E-state index is 12.2. The van der Waals surface area contributed by atoms with Crippen molar-refractivity contribution >= 4 is 28.4 Å². The van der Waals surface area contributed by atoms with Crippen LogP contribution in [0.5, 0.6) is 0 Å². The first-order chi connectivity index (χ1) is 9.11. The fourth-order valence-corrected chi connectivity index (χ4v) is 2.15. The molecule has 0 aliphatic rings. The zero-order chi connectivity index (χ0) is 13.8.